The number of rotatable bonds is 7. The molecule has 0 N–H and O–H groups in total. The molecule has 0 spiro atoms. The molecule has 1 rings (SSSR count). The third-order valence-electron chi connectivity index (χ3n) is 4.03. The summed E-state index contributed by atoms with van der Waals surface area (Å²) in [4.78, 5) is 2.54. The van der Waals surface area contributed by atoms with Crippen LogP contribution in [0.5, 0.6) is 0 Å². The molecule has 0 saturated heterocycles. The van der Waals surface area contributed by atoms with Crippen LogP contribution in [0.4, 0.5) is 0 Å². The number of nitrogens with zero attached hydrogens (tertiary/aromatic N) is 1. The first-order valence-electron chi connectivity index (χ1n) is 7.40. The van der Waals surface area contributed by atoms with Gasteiger partial charge < -0.3 is 0 Å². The molecule has 0 aliphatic heterocycles. The van der Waals surface area contributed by atoms with E-state index in [1.807, 2.05) is 0 Å². The summed E-state index contributed by atoms with van der Waals surface area (Å²) < 4.78 is 0. The third-order valence-corrected chi connectivity index (χ3v) is 4.20. The number of hydrogen-bond donors (Lipinski definition) is 0. The third kappa shape index (κ3) is 4.50. The highest BCUT2D eigenvalue weighted by Crippen LogP contribution is 2.21. The minimum Gasteiger partial charge on any atom is -0.295 e. The van der Waals surface area contributed by atoms with Crippen LogP contribution in [-0.4, -0.2) is 23.4 Å². The Labute approximate surface area is 124 Å². The van der Waals surface area contributed by atoms with E-state index in [-0.39, 0.29) is 0 Å². The SMILES string of the molecule is CCC(CC)N(CCCl)Cc1c(C)cc(C)cc1C. The molecule has 0 aliphatic rings. The Morgan fingerprint density at radius 2 is 1.58 bits per heavy atom. The van der Waals surface area contributed by atoms with Crippen LogP contribution in [0.3, 0.4) is 0 Å². The van der Waals surface area contributed by atoms with Crippen molar-refractivity contribution in [2.24, 2.45) is 0 Å². The van der Waals surface area contributed by atoms with Gasteiger partial charge in [0.1, 0.15) is 0 Å². The minimum atomic E-state index is 0.638. The lowest BCUT2D eigenvalue weighted by Gasteiger charge is -2.31. The molecule has 1 nitrogen and oxygen atoms in total. The fraction of sp³-hybridized carbons (Fsp3) is 0.647. The molecule has 2 heteroatoms. The number of hydrogen-bond acceptors (Lipinski definition) is 1. The number of aryl methyl sites for hydroxylation is 3. The molecule has 0 unspecified atom stereocenters. The van der Waals surface area contributed by atoms with Gasteiger partial charge in [0.05, 0.1) is 0 Å². The predicted octanol–water partition coefficient (Wildman–Crippen LogP) is 4.84. The normalized spacial score (nSPS) is 11.6. The smallest absolute Gasteiger partial charge is 0.0351 e. The van der Waals surface area contributed by atoms with Gasteiger partial charge in [0, 0.05) is 25.0 Å². The van der Waals surface area contributed by atoms with Gasteiger partial charge in [-0.2, -0.15) is 0 Å². The quantitative estimate of drug-likeness (QED) is 0.646. The molecular weight excluding hydrogens is 254 g/mol. The highest BCUT2D eigenvalue weighted by Gasteiger charge is 2.16. The number of benzene rings is 1. The van der Waals surface area contributed by atoms with Crippen LogP contribution in [-0.2, 0) is 6.54 Å². The summed E-state index contributed by atoms with van der Waals surface area (Å²) in [7, 11) is 0. The van der Waals surface area contributed by atoms with Gasteiger partial charge in [0.15, 0.2) is 0 Å². The Kier molecular flexibility index (Phi) is 6.88. The lowest BCUT2D eigenvalue weighted by Crippen LogP contribution is -2.36. The molecule has 108 valence electrons. The van der Waals surface area contributed by atoms with Crippen molar-refractivity contribution in [3.63, 3.8) is 0 Å². The van der Waals surface area contributed by atoms with Gasteiger partial charge in [-0.1, -0.05) is 31.5 Å². The van der Waals surface area contributed by atoms with Crippen molar-refractivity contribution in [1.29, 1.82) is 0 Å². The number of halogens is 1. The molecule has 0 atom stereocenters. The monoisotopic (exact) mass is 281 g/mol. The fourth-order valence-electron chi connectivity index (χ4n) is 2.97. The van der Waals surface area contributed by atoms with Crippen LogP contribution >= 0.6 is 11.6 Å². The van der Waals surface area contributed by atoms with Crippen LogP contribution in [0.15, 0.2) is 12.1 Å². The minimum absolute atomic E-state index is 0.638. The highest BCUT2D eigenvalue weighted by molar-refractivity contribution is 6.18. The summed E-state index contributed by atoms with van der Waals surface area (Å²) in [6.07, 6.45) is 2.38. The van der Waals surface area contributed by atoms with Crippen molar-refractivity contribution in [3.05, 3.63) is 34.4 Å². The molecule has 0 aliphatic carbocycles. The second kappa shape index (κ2) is 7.91. The van der Waals surface area contributed by atoms with Gasteiger partial charge in [-0.25, -0.2) is 0 Å². The molecule has 0 heterocycles. The second-order valence-electron chi connectivity index (χ2n) is 5.51. The van der Waals surface area contributed by atoms with E-state index in [0.29, 0.717) is 11.9 Å². The van der Waals surface area contributed by atoms with E-state index in [4.69, 9.17) is 11.6 Å². The summed E-state index contributed by atoms with van der Waals surface area (Å²) in [5.74, 6) is 0.709. The Morgan fingerprint density at radius 3 is 2.00 bits per heavy atom. The lowest BCUT2D eigenvalue weighted by atomic mass is 9.98. The van der Waals surface area contributed by atoms with E-state index in [1.54, 1.807) is 0 Å². The van der Waals surface area contributed by atoms with Gasteiger partial charge in [-0.3, -0.25) is 4.90 Å². The average molecular weight is 282 g/mol. The second-order valence-corrected chi connectivity index (χ2v) is 5.89. The average Bonchev–Trinajstić information content (AvgIpc) is 2.34. The van der Waals surface area contributed by atoms with Crippen LogP contribution in [0.1, 0.15) is 48.9 Å². The van der Waals surface area contributed by atoms with E-state index in [0.717, 1.165) is 13.1 Å². The zero-order valence-electron chi connectivity index (χ0n) is 13.1. The van der Waals surface area contributed by atoms with Crippen molar-refractivity contribution in [2.75, 3.05) is 12.4 Å². The summed E-state index contributed by atoms with van der Waals surface area (Å²) >= 11 is 5.98. The zero-order chi connectivity index (χ0) is 14.4. The van der Waals surface area contributed by atoms with Gasteiger partial charge in [0.25, 0.3) is 0 Å². The van der Waals surface area contributed by atoms with E-state index in [9.17, 15) is 0 Å². The standard InChI is InChI=1S/C17H28ClN/c1-6-16(7-2)19(9-8-18)12-17-14(4)10-13(3)11-15(17)5/h10-11,16H,6-9,12H2,1-5H3. The van der Waals surface area contributed by atoms with Gasteiger partial charge in [-0.05, 0) is 50.3 Å². The first-order chi connectivity index (χ1) is 9.03. The first kappa shape index (κ1) is 16.5. The van der Waals surface area contributed by atoms with Crippen molar-refractivity contribution in [3.8, 4) is 0 Å². The van der Waals surface area contributed by atoms with E-state index in [2.05, 4.69) is 51.7 Å². The fourth-order valence-corrected chi connectivity index (χ4v) is 3.18. The Bertz CT molecular complexity index is 373. The molecule has 0 radical (unpaired) electrons. The molecule has 1 aromatic carbocycles. The maximum Gasteiger partial charge on any atom is 0.0351 e. The molecule has 0 saturated carbocycles. The van der Waals surface area contributed by atoms with E-state index >= 15 is 0 Å². The largest absolute Gasteiger partial charge is 0.295 e. The van der Waals surface area contributed by atoms with E-state index < -0.39 is 0 Å². The van der Waals surface area contributed by atoms with Gasteiger partial charge >= 0.3 is 0 Å². The van der Waals surface area contributed by atoms with Crippen molar-refractivity contribution in [1.82, 2.24) is 4.90 Å². The Balaban J connectivity index is 2.96. The van der Waals surface area contributed by atoms with Gasteiger partial charge in [-0.15, -0.1) is 11.6 Å². The van der Waals surface area contributed by atoms with Crippen LogP contribution in [0, 0.1) is 20.8 Å². The molecule has 0 amide bonds. The molecule has 1 aromatic rings. The van der Waals surface area contributed by atoms with Crippen LogP contribution in [0.25, 0.3) is 0 Å². The molecule has 0 fully saturated rings. The lowest BCUT2D eigenvalue weighted by molar-refractivity contribution is 0.187. The van der Waals surface area contributed by atoms with Crippen molar-refractivity contribution >= 4 is 11.6 Å². The maximum absolute atomic E-state index is 5.98. The first-order valence-corrected chi connectivity index (χ1v) is 7.93. The molecule has 0 bridgehead atoms. The zero-order valence-corrected chi connectivity index (χ0v) is 13.8. The molecule has 0 aromatic heterocycles. The predicted molar refractivity (Wildman–Crippen MR) is 86.2 cm³/mol. The van der Waals surface area contributed by atoms with Crippen molar-refractivity contribution in [2.45, 2.75) is 60.0 Å². The topological polar surface area (TPSA) is 3.24 Å². The van der Waals surface area contributed by atoms with Gasteiger partial charge in [0.2, 0.25) is 0 Å². The summed E-state index contributed by atoms with van der Waals surface area (Å²) in [5, 5.41) is 0. The highest BCUT2D eigenvalue weighted by atomic mass is 35.5. The van der Waals surface area contributed by atoms with Crippen LogP contribution < -0.4 is 0 Å². The summed E-state index contributed by atoms with van der Waals surface area (Å²) in [5.41, 5.74) is 5.64. The summed E-state index contributed by atoms with van der Waals surface area (Å²) in [6.45, 7) is 13.1. The maximum atomic E-state index is 5.98. The Hall–Kier alpha value is -0.530. The number of alkyl halides is 1. The Morgan fingerprint density at radius 1 is 1.05 bits per heavy atom. The summed E-state index contributed by atoms with van der Waals surface area (Å²) in [6, 6.07) is 5.21. The van der Waals surface area contributed by atoms with Crippen LogP contribution in [0.2, 0.25) is 0 Å². The van der Waals surface area contributed by atoms with E-state index in [1.165, 1.54) is 35.1 Å². The van der Waals surface area contributed by atoms with Crippen molar-refractivity contribution < 1.29 is 0 Å². The molecular formula is C17H28ClN. The molecule has 19 heavy (non-hydrogen) atoms.